The van der Waals surface area contributed by atoms with Crippen LogP contribution in [0.3, 0.4) is 0 Å². The first-order valence-electron chi connectivity index (χ1n) is 7.98. The van der Waals surface area contributed by atoms with E-state index in [9.17, 15) is 16.8 Å². The number of sulfonamides is 2. The van der Waals surface area contributed by atoms with Crippen molar-refractivity contribution in [1.29, 1.82) is 0 Å². The summed E-state index contributed by atoms with van der Waals surface area (Å²) in [5.41, 5.74) is 0. The van der Waals surface area contributed by atoms with Crippen LogP contribution in [0.4, 0.5) is 0 Å². The molecule has 0 radical (unpaired) electrons. The van der Waals surface area contributed by atoms with Crippen molar-refractivity contribution in [3.05, 3.63) is 24.3 Å². The molecule has 2 rings (SSSR count). The highest BCUT2D eigenvalue weighted by Gasteiger charge is 2.26. The van der Waals surface area contributed by atoms with Crippen LogP contribution in [0.15, 0.2) is 34.1 Å². The van der Waals surface area contributed by atoms with Gasteiger partial charge in [-0.25, -0.2) is 21.6 Å². The molecule has 1 fully saturated rings. The Morgan fingerprint density at radius 1 is 0.957 bits per heavy atom. The Labute approximate surface area is 139 Å². The van der Waals surface area contributed by atoms with Crippen LogP contribution in [0.2, 0.25) is 0 Å². The predicted octanol–water partition coefficient (Wildman–Crippen LogP) is 1.94. The molecule has 0 atom stereocenters. The molecule has 1 aliphatic rings. The Hall–Kier alpha value is -0.960. The van der Waals surface area contributed by atoms with Gasteiger partial charge in [-0.1, -0.05) is 19.8 Å². The Morgan fingerprint density at radius 3 is 2.09 bits per heavy atom. The van der Waals surface area contributed by atoms with E-state index in [0.717, 1.165) is 32.1 Å². The molecule has 8 heteroatoms. The van der Waals surface area contributed by atoms with Crippen LogP contribution in [0.1, 0.15) is 39.0 Å². The Bertz CT molecular complexity index is 706. The molecule has 0 spiro atoms. The summed E-state index contributed by atoms with van der Waals surface area (Å²) in [7, 11) is -7.11. The van der Waals surface area contributed by atoms with Gasteiger partial charge in [0.2, 0.25) is 20.0 Å². The van der Waals surface area contributed by atoms with Gasteiger partial charge in [0.1, 0.15) is 0 Å². The quantitative estimate of drug-likeness (QED) is 0.753. The van der Waals surface area contributed by atoms with Crippen LogP contribution in [0, 0.1) is 0 Å². The summed E-state index contributed by atoms with van der Waals surface area (Å²) in [5, 5.41) is 0. The topological polar surface area (TPSA) is 83.5 Å². The van der Waals surface area contributed by atoms with Crippen LogP contribution in [0.25, 0.3) is 0 Å². The fraction of sp³-hybridized carbons (Fsp3) is 0.600. The van der Waals surface area contributed by atoms with Crippen LogP contribution < -0.4 is 4.72 Å². The molecule has 1 aromatic rings. The second-order valence-electron chi connectivity index (χ2n) is 5.69. The summed E-state index contributed by atoms with van der Waals surface area (Å²) in [6.07, 6.45) is 4.45. The van der Waals surface area contributed by atoms with Gasteiger partial charge in [0.25, 0.3) is 0 Å². The molecule has 6 nitrogen and oxygen atoms in total. The normalized spacial score (nSPS) is 17.3. The van der Waals surface area contributed by atoms with Crippen molar-refractivity contribution >= 4 is 20.0 Å². The summed E-state index contributed by atoms with van der Waals surface area (Å²) >= 11 is 0. The Balaban J connectivity index is 2.15. The van der Waals surface area contributed by atoms with Gasteiger partial charge in [0, 0.05) is 19.6 Å². The molecule has 130 valence electrons. The number of hydrogen-bond donors (Lipinski definition) is 1. The van der Waals surface area contributed by atoms with Crippen LogP contribution in [-0.4, -0.2) is 40.8 Å². The molecule has 0 bridgehead atoms. The number of rotatable bonds is 7. The minimum absolute atomic E-state index is 0.0891. The molecule has 0 saturated carbocycles. The number of piperidine rings is 1. The summed E-state index contributed by atoms with van der Waals surface area (Å²) in [5.74, 6) is 0. The van der Waals surface area contributed by atoms with E-state index in [4.69, 9.17) is 0 Å². The SMILES string of the molecule is CCCCNS(=O)(=O)c1ccc(S(=O)(=O)N2CCCCC2)cc1. The Morgan fingerprint density at radius 2 is 1.52 bits per heavy atom. The maximum atomic E-state index is 12.5. The molecular weight excluding hydrogens is 336 g/mol. The first kappa shape index (κ1) is 18.4. The van der Waals surface area contributed by atoms with Gasteiger partial charge in [0.05, 0.1) is 9.79 Å². The molecule has 0 amide bonds. The van der Waals surface area contributed by atoms with Gasteiger partial charge < -0.3 is 0 Å². The molecule has 1 heterocycles. The second-order valence-corrected chi connectivity index (χ2v) is 9.39. The van der Waals surface area contributed by atoms with Crippen molar-refractivity contribution in [2.24, 2.45) is 0 Å². The highest BCUT2D eigenvalue weighted by atomic mass is 32.2. The average molecular weight is 361 g/mol. The zero-order chi connectivity index (χ0) is 16.9. The number of nitrogens with one attached hydrogen (secondary N) is 1. The first-order valence-corrected chi connectivity index (χ1v) is 10.9. The third-order valence-corrected chi connectivity index (χ3v) is 7.30. The largest absolute Gasteiger partial charge is 0.243 e. The van der Waals surface area contributed by atoms with E-state index in [1.165, 1.54) is 28.6 Å². The lowest BCUT2D eigenvalue weighted by atomic mass is 10.2. The molecule has 0 unspecified atom stereocenters. The van der Waals surface area contributed by atoms with Crippen molar-refractivity contribution in [1.82, 2.24) is 9.03 Å². The van der Waals surface area contributed by atoms with E-state index in [-0.39, 0.29) is 9.79 Å². The molecule has 0 aromatic heterocycles. The minimum Gasteiger partial charge on any atom is -0.211 e. The average Bonchev–Trinajstić information content (AvgIpc) is 2.56. The molecular formula is C15H24N2O4S2. The van der Waals surface area contributed by atoms with Gasteiger partial charge in [-0.15, -0.1) is 0 Å². The van der Waals surface area contributed by atoms with Gasteiger partial charge in [0.15, 0.2) is 0 Å². The van der Waals surface area contributed by atoms with Gasteiger partial charge >= 0.3 is 0 Å². The van der Waals surface area contributed by atoms with Gasteiger partial charge in [-0.05, 0) is 43.5 Å². The predicted molar refractivity (Wildman–Crippen MR) is 89.1 cm³/mol. The fourth-order valence-electron chi connectivity index (χ4n) is 2.51. The van der Waals surface area contributed by atoms with E-state index < -0.39 is 20.0 Å². The lowest BCUT2D eigenvalue weighted by Gasteiger charge is -2.25. The lowest BCUT2D eigenvalue weighted by molar-refractivity contribution is 0.346. The zero-order valence-electron chi connectivity index (χ0n) is 13.4. The van der Waals surface area contributed by atoms with Crippen molar-refractivity contribution < 1.29 is 16.8 Å². The monoisotopic (exact) mass is 360 g/mol. The van der Waals surface area contributed by atoms with Gasteiger partial charge in [-0.3, -0.25) is 0 Å². The standard InChI is InChI=1S/C15H24N2O4S2/c1-2-3-11-16-22(18,19)14-7-9-15(10-8-14)23(20,21)17-12-5-4-6-13-17/h7-10,16H,2-6,11-13H2,1H3. The summed E-state index contributed by atoms with van der Waals surface area (Å²) in [6.45, 7) is 3.42. The van der Waals surface area contributed by atoms with E-state index in [0.29, 0.717) is 19.6 Å². The number of unbranched alkanes of at least 4 members (excludes halogenated alkanes) is 1. The fourth-order valence-corrected chi connectivity index (χ4v) is 5.10. The van der Waals surface area contributed by atoms with Gasteiger partial charge in [-0.2, -0.15) is 4.31 Å². The zero-order valence-corrected chi connectivity index (χ0v) is 15.0. The Kier molecular flexibility index (Phi) is 6.19. The third kappa shape index (κ3) is 4.53. The highest BCUT2D eigenvalue weighted by molar-refractivity contribution is 7.89. The van der Waals surface area contributed by atoms with Crippen molar-refractivity contribution in [2.45, 2.75) is 48.8 Å². The van der Waals surface area contributed by atoms with Crippen molar-refractivity contribution in [3.8, 4) is 0 Å². The van der Waals surface area contributed by atoms with Crippen LogP contribution >= 0.6 is 0 Å². The maximum Gasteiger partial charge on any atom is 0.243 e. The van der Waals surface area contributed by atoms with E-state index >= 15 is 0 Å². The van der Waals surface area contributed by atoms with E-state index in [1.54, 1.807) is 0 Å². The van der Waals surface area contributed by atoms with Crippen molar-refractivity contribution in [3.63, 3.8) is 0 Å². The summed E-state index contributed by atoms with van der Waals surface area (Å²) in [6, 6.07) is 5.45. The van der Waals surface area contributed by atoms with Crippen LogP contribution in [-0.2, 0) is 20.0 Å². The molecule has 1 aliphatic heterocycles. The molecule has 1 N–H and O–H groups in total. The highest BCUT2D eigenvalue weighted by Crippen LogP contribution is 2.21. The third-order valence-electron chi connectivity index (χ3n) is 3.91. The number of benzene rings is 1. The summed E-state index contributed by atoms with van der Waals surface area (Å²) < 4.78 is 53.2. The molecule has 1 aromatic carbocycles. The molecule has 0 aliphatic carbocycles. The smallest absolute Gasteiger partial charge is 0.211 e. The maximum absolute atomic E-state index is 12.5. The number of nitrogens with zero attached hydrogens (tertiary/aromatic N) is 1. The van der Waals surface area contributed by atoms with Crippen LogP contribution in [0.5, 0.6) is 0 Å². The lowest BCUT2D eigenvalue weighted by Crippen LogP contribution is -2.35. The molecule has 23 heavy (non-hydrogen) atoms. The minimum atomic E-state index is -3.58. The van der Waals surface area contributed by atoms with E-state index in [2.05, 4.69) is 4.72 Å². The van der Waals surface area contributed by atoms with Crippen molar-refractivity contribution in [2.75, 3.05) is 19.6 Å². The summed E-state index contributed by atoms with van der Waals surface area (Å²) in [4.78, 5) is 0.234. The first-order chi connectivity index (χ1) is 10.9. The molecule has 1 saturated heterocycles. The second kappa shape index (κ2) is 7.74. The van der Waals surface area contributed by atoms with E-state index in [1.807, 2.05) is 6.92 Å². The number of hydrogen-bond acceptors (Lipinski definition) is 4.